The molecule has 0 aliphatic rings. The first kappa shape index (κ1) is 14.0. The van der Waals surface area contributed by atoms with Crippen molar-refractivity contribution in [3.8, 4) is 0 Å². The van der Waals surface area contributed by atoms with Gasteiger partial charge in [-0.1, -0.05) is 5.16 Å². The molecule has 7 heteroatoms. The Hall–Kier alpha value is -1.37. The maximum Gasteiger partial charge on any atom is 0.229 e. The smallest absolute Gasteiger partial charge is 0.229 e. The molecule has 0 bridgehead atoms. The van der Waals surface area contributed by atoms with Crippen molar-refractivity contribution in [3.63, 3.8) is 0 Å². The van der Waals surface area contributed by atoms with E-state index in [-0.39, 0.29) is 24.1 Å². The minimum Gasteiger partial charge on any atom is -0.387 e. The predicted octanol–water partition coefficient (Wildman–Crippen LogP) is 2.09. The van der Waals surface area contributed by atoms with Crippen LogP contribution >= 0.6 is 22.9 Å². The molecule has 0 fully saturated rings. The van der Waals surface area contributed by atoms with E-state index in [4.69, 9.17) is 16.1 Å². The molecular weight excluding hydrogens is 288 g/mol. The van der Waals surface area contributed by atoms with Gasteiger partial charge in [0.05, 0.1) is 18.2 Å². The summed E-state index contributed by atoms with van der Waals surface area (Å²) in [6.45, 7) is 1.88. The number of nitrogens with zero attached hydrogens (tertiary/aromatic N) is 1. The van der Waals surface area contributed by atoms with Gasteiger partial charge in [-0.3, -0.25) is 4.79 Å². The zero-order valence-electron chi connectivity index (χ0n) is 10.2. The fourth-order valence-electron chi connectivity index (χ4n) is 1.57. The van der Waals surface area contributed by atoms with Crippen molar-refractivity contribution in [1.29, 1.82) is 0 Å². The summed E-state index contributed by atoms with van der Waals surface area (Å²) >= 11 is 7.27. The summed E-state index contributed by atoms with van der Waals surface area (Å²) in [5.41, 5.74) is 1.97. The summed E-state index contributed by atoms with van der Waals surface area (Å²) in [6.07, 6.45) is -0.612. The van der Waals surface area contributed by atoms with E-state index in [1.54, 1.807) is 6.92 Å². The van der Waals surface area contributed by atoms with Crippen LogP contribution < -0.4 is 5.32 Å². The van der Waals surface area contributed by atoms with E-state index >= 15 is 0 Å². The van der Waals surface area contributed by atoms with Crippen LogP contribution in [0.5, 0.6) is 0 Å². The van der Waals surface area contributed by atoms with E-state index in [1.807, 2.05) is 16.8 Å². The van der Waals surface area contributed by atoms with Crippen molar-refractivity contribution in [2.45, 2.75) is 19.4 Å². The number of hydrogen-bond donors (Lipinski definition) is 2. The maximum atomic E-state index is 11.7. The molecule has 0 aliphatic heterocycles. The third-order valence-electron chi connectivity index (χ3n) is 2.69. The van der Waals surface area contributed by atoms with Gasteiger partial charge in [0.15, 0.2) is 0 Å². The second-order valence-corrected chi connectivity index (χ2v) is 5.20. The number of halogens is 1. The van der Waals surface area contributed by atoms with Crippen molar-refractivity contribution in [3.05, 3.63) is 38.9 Å². The number of carbonyl (C=O) groups excluding carboxylic acids is 1. The van der Waals surface area contributed by atoms with Gasteiger partial charge in [-0.15, -0.1) is 0 Å². The highest BCUT2D eigenvalue weighted by atomic mass is 35.5. The zero-order valence-corrected chi connectivity index (χ0v) is 11.8. The summed E-state index contributed by atoms with van der Waals surface area (Å²) in [6, 6.07) is 1.82. The summed E-state index contributed by atoms with van der Waals surface area (Å²) < 4.78 is 4.77. The fourth-order valence-corrected chi connectivity index (χ4v) is 2.52. The molecule has 0 saturated carbocycles. The molecule has 0 radical (unpaired) electrons. The lowest BCUT2D eigenvalue weighted by molar-refractivity contribution is -0.120. The highest BCUT2D eigenvalue weighted by Crippen LogP contribution is 2.19. The molecule has 0 saturated heterocycles. The SMILES string of the molecule is Cc1noc(Cl)c1CC(=O)NCC(O)c1ccsc1. The van der Waals surface area contributed by atoms with Crippen molar-refractivity contribution in [1.82, 2.24) is 10.5 Å². The van der Waals surface area contributed by atoms with Crippen molar-refractivity contribution in [2.24, 2.45) is 0 Å². The number of carbonyl (C=O) groups is 1. The topological polar surface area (TPSA) is 75.4 Å². The number of aryl methyl sites for hydroxylation is 1. The molecule has 1 amide bonds. The molecule has 0 aliphatic carbocycles. The molecule has 0 spiro atoms. The molecule has 2 N–H and O–H groups in total. The Morgan fingerprint density at radius 2 is 2.47 bits per heavy atom. The van der Waals surface area contributed by atoms with Crippen LogP contribution in [-0.2, 0) is 11.2 Å². The summed E-state index contributed by atoms with van der Waals surface area (Å²) in [5.74, 6) is -0.234. The number of hydrogen-bond acceptors (Lipinski definition) is 5. The maximum absolute atomic E-state index is 11.7. The Morgan fingerprint density at radius 1 is 1.68 bits per heavy atom. The molecule has 1 atom stereocenters. The number of thiophene rings is 1. The number of aliphatic hydroxyl groups excluding tert-OH is 1. The Bertz CT molecular complexity index is 534. The molecule has 2 aromatic heterocycles. The molecule has 0 aromatic carbocycles. The van der Waals surface area contributed by atoms with Crippen LogP contribution in [0, 0.1) is 6.92 Å². The number of aliphatic hydroxyl groups is 1. The molecule has 2 rings (SSSR count). The number of aromatic nitrogens is 1. The largest absolute Gasteiger partial charge is 0.387 e. The monoisotopic (exact) mass is 300 g/mol. The van der Waals surface area contributed by atoms with Gasteiger partial charge >= 0.3 is 0 Å². The van der Waals surface area contributed by atoms with Gasteiger partial charge < -0.3 is 14.9 Å². The zero-order chi connectivity index (χ0) is 13.8. The van der Waals surface area contributed by atoms with Crippen LogP contribution in [0.1, 0.15) is 22.9 Å². The third-order valence-corrected chi connectivity index (χ3v) is 3.69. The molecular formula is C12H13ClN2O3S. The lowest BCUT2D eigenvalue weighted by Gasteiger charge is -2.10. The van der Waals surface area contributed by atoms with E-state index in [0.29, 0.717) is 11.3 Å². The van der Waals surface area contributed by atoms with Crippen LogP contribution in [-0.4, -0.2) is 22.7 Å². The van der Waals surface area contributed by atoms with Gasteiger partial charge in [-0.25, -0.2) is 0 Å². The molecule has 2 heterocycles. The summed E-state index contributed by atoms with van der Waals surface area (Å²) in [5, 5.41) is 20.0. The van der Waals surface area contributed by atoms with Gasteiger partial charge in [0.2, 0.25) is 11.1 Å². The number of rotatable bonds is 5. The van der Waals surface area contributed by atoms with Crippen molar-refractivity contribution < 1.29 is 14.4 Å². The van der Waals surface area contributed by atoms with Crippen LogP contribution in [0.3, 0.4) is 0 Å². The second-order valence-electron chi connectivity index (χ2n) is 4.07. The molecule has 5 nitrogen and oxygen atoms in total. The first-order valence-corrected chi connectivity index (χ1v) is 6.97. The van der Waals surface area contributed by atoms with Gasteiger partial charge in [0, 0.05) is 12.1 Å². The quantitative estimate of drug-likeness (QED) is 0.886. The first-order valence-electron chi connectivity index (χ1n) is 5.65. The summed E-state index contributed by atoms with van der Waals surface area (Å²) in [7, 11) is 0. The van der Waals surface area contributed by atoms with Crippen molar-refractivity contribution >= 4 is 28.8 Å². The molecule has 2 aromatic rings. The highest BCUT2D eigenvalue weighted by Gasteiger charge is 2.16. The van der Waals surface area contributed by atoms with E-state index in [2.05, 4.69) is 10.5 Å². The lowest BCUT2D eigenvalue weighted by atomic mass is 10.1. The van der Waals surface area contributed by atoms with Gasteiger partial charge in [-0.05, 0) is 40.9 Å². The van der Waals surface area contributed by atoms with E-state index < -0.39 is 6.10 Å². The standard InChI is InChI=1S/C12H13ClN2O3S/c1-7-9(12(13)18-15-7)4-11(17)14-5-10(16)8-2-3-19-6-8/h2-3,6,10,16H,4-5H2,1H3,(H,14,17). The second kappa shape index (κ2) is 6.18. The van der Waals surface area contributed by atoms with Gasteiger partial charge in [-0.2, -0.15) is 11.3 Å². The van der Waals surface area contributed by atoms with E-state index in [1.165, 1.54) is 11.3 Å². The van der Waals surface area contributed by atoms with E-state index in [0.717, 1.165) is 5.56 Å². The normalized spacial score (nSPS) is 12.4. The Balaban J connectivity index is 1.85. The Kier molecular flexibility index (Phi) is 4.57. The lowest BCUT2D eigenvalue weighted by Crippen LogP contribution is -2.29. The average Bonchev–Trinajstić information content (AvgIpc) is 3.01. The minimum atomic E-state index is -0.700. The van der Waals surface area contributed by atoms with Crippen LogP contribution in [0.25, 0.3) is 0 Å². The first-order chi connectivity index (χ1) is 9.08. The Morgan fingerprint density at radius 3 is 3.05 bits per heavy atom. The van der Waals surface area contributed by atoms with Crippen LogP contribution in [0.2, 0.25) is 5.22 Å². The fraction of sp³-hybridized carbons (Fsp3) is 0.333. The van der Waals surface area contributed by atoms with Gasteiger partial charge in [0.25, 0.3) is 0 Å². The number of amides is 1. The number of nitrogens with one attached hydrogen (secondary N) is 1. The third kappa shape index (κ3) is 3.56. The van der Waals surface area contributed by atoms with E-state index in [9.17, 15) is 9.90 Å². The van der Waals surface area contributed by atoms with Crippen LogP contribution in [0.4, 0.5) is 0 Å². The summed E-state index contributed by atoms with van der Waals surface area (Å²) in [4.78, 5) is 11.7. The predicted molar refractivity (Wildman–Crippen MR) is 72.2 cm³/mol. The van der Waals surface area contributed by atoms with Gasteiger partial charge in [0.1, 0.15) is 0 Å². The molecule has 19 heavy (non-hydrogen) atoms. The highest BCUT2D eigenvalue weighted by molar-refractivity contribution is 7.07. The Labute approximate surface area is 119 Å². The minimum absolute atomic E-state index is 0.0878. The van der Waals surface area contributed by atoms with Crippen molar-refractivity contribution in [2.75, 3.05) is 6.54 Å². The van der Waals surface area contributed by atoms with Crippen LogP contribution in [0.15, 0.2) is 21.3 Å². The average molecular weight is 301 g/mol. The molecule has 102 valence electrons. The molecule has 1 unspecified atom stereocenters.